The van der Waals surface area contributed by atoms with Gasteiger partial charge in [0.2, 0.25) is 11.8 Å². The van der Waals surface area contributed by atoms with Crippen LogP contribution in [0, 0.1) is 0 Å². The number of alkyl carbamates (subject to hydrolysis) is 1. The summed E-state index contributed by atoms with van der Waals surface area (Å²) in [7, 11) is 1.60. The SMILES string of the molecule is COc1ccc(CCNC(=O)[C@@H](CC(=O)NC(c2ccccc2)(c2ccccc2)c2ccccc2)NC(=O)OC(C)(C)C)cc1. The summed E-state index contributed by atoms with van der Waals surface area (Å²) in [5.74, 6) is -0.180. The van der Waals surface area contributed by atoms with Crippen LogP contribution < -0.4 is 20.7 Å². The van der Waals surface area contributed by atoms with Gasteiger partial charge >= 0.3 is 6.09 Å². The molecule has 3 amide bonds. The van der Waals surface area contributed by atoms with E-state index in [1.807, 2.05) is 115 Å². The molecule has 45 heavy (non-hydrogen) atoms. The van der Waals surface area contributed by atoms with E-state index >= 15 is 0 Å². The van der Waals surface area contributed by atoms with E-state index in [4.69, 9.17) is 9.47 Å². The van der Waals surface area contributed by atoms with Gasteiger partial charge in [-0.1, -0.05) is 103 Å². The van der Waals surface area contributed by atoms with Crippen LogP contribution in [0.3, 0.4) is 0 Å². The third-order valence-corrected chi connectivity index (χ3v) is 7.22. The Morgan fingerprint density at radius 3 is 1.64 bits per heavy atom. The van der Waals surface area contributed by atoms with Crippen LogP contribution in [0.2, 0.25) is 0 Å². The lowest BCUT2D eigenvalue weighted by atomic mass is 9.77. The molecule has 0 fully saturated rings. The first-order valence-corrected chi connectivity index (χ1v) is 15.0. The molecule has 4 rings (SSSR count). The van der Waals surface area contributed by atoms with Gasteiger partial charge in [-0.05, 0) is 61.6 Å². The highest BCUT2D eigenvalue weighted by atomic mass is 16.6. The van der Waals surface area contributed by atoms with Crippen LogP contribution in [-0.4, -0.2) is 43.2 Å². The smallest absolute Gasteiger partial charge is 0.408 e. The predicted molar refractivity (Wildman–Crippen MR) is 175 cm³/mol. The van der Waals surface area contributed by atoms with E-state index in [2.05, 4.69) is 16.0 Å². The minimum atomic E-state index is -1.18. The van der Waals surface area contributed by atoms with Crippen LogP contribution in [0.15, 0.2) is 115 Å². The molecule has 0 aliphatic carbocycles. The molecule has 0 saturated carbocycles. The third kappa shape index (κ3) is 8.95. The molecule has 0 aliphatic heterocycles. The van der Waals surface area contributed by atoms with Crippen molar-refractivity contribution in [3.05, 3.63) is 138 Å². The molecular formula is C37H41N3O5. The van der Waals surface area contributed by atoms with Crippen molar-refractivity contribution in [1.29, 1.82) is 0 Å². The largest absolute Gasteiger partial charge is 0.497 e. The van der Waals surface area contributed by atoms with Gasteiger partial charge in [0.25, 0.3) is 0 Å². The Balaban J connectivity index is 1.60. The molecule has 0 aromatic heterocycles. The van der Waals surface area contributed by atoms with Crippen molar-refractivity contribution in [2.24, 2.45) is 0 Å². The third-order valence-electron chi connectivity index (χ3n) is 7.22. The molecule has 234 valence electrons. The molecule has 3 N–H and O–H groups in total. The second-order valence-corrected chi connectivity index (χ2v) is 11.7. The highest BCUT2D eigenvalue weighted by molar-refractivity contribution is 5.91. The van der Waals surface area contributed by atoms with Crippen molar-refractivity contribution in [1.82, 2.24) is 16.0 Å². The minimum absolute atomic E-state index is 0.307. The molecule has 8 nitrogen and oxygen atoms in total. The first-order chi connectivity index (χ1) is 21.6. The topological polar surface area (TPSA) is 106 Å². The molecule has 4 aromatic rings. The van der Waals surface area contributed by atoms with E-state index in [9.17, 15) is 14.4 Å². The van der Waals surface area contributed by atoms with Crippen LogP contribution in [-0.2, 0) is 26.3 Å². The van der Waals surface area contributed by atoms with Crippen molar-refractivity contribution >= 4 is 17.9 Å². The van der Waals surface area contributed by atoms with Gasteiger partial charge < -0.3 is 25.4 Å². The number of nitrogens with one attached hydrogen (secondary N) is 3. The van der Waals surface area contributed by atoms with Gasteiger partial charge in [0.1, 0.15) is 22.9 Å². The van der Waals surface area contributed by atoms with E-state index in [0.29, 0.717) is 13.0 Å². The summed E-state index contributed by atoms with van der Waals surface area (Å²) < 4.78 is 10.6. The number of carbonyl (C=O) groups is 3. The van der Waals surface area contributed by atoms with Crippen LogP contribution in [0.5, 0.6) is 5.75 Å². The molecule has 0 saturated heterocycles. The maximum atomic E-state index is 14.0. The Kier molecular flexibility index (Phi) is 11.0. The lowest BCUT2D eigenvalue weighted by Crippen LogP contribution is -2.53. The zero-order chi connectivity index (χ0) is 32.3. The predicted octanol–water partition coefficient (Wildman–Crippen LogP) is 5.75. The van der Waals surface area contributed by atoms with Crippen LogP contribution in [0.4, 0.5) is 4.79 Å². The number of amides is 3. The number of carbonyl (C=O) groups excluding carboxylic acids is 3. The van der Waals surface area contributed by atoms with E-state index in [0.717, 1.165) is 28.0 Å². The maximum absolute atomic E-state index is 14.0. The van der Waals surface area contributed by atoms with Gasteiger partial charge in [0.15, 0.2) is 0 Å². The van der Waals surface area contributed by atoms with Crippen molar-refractivity contribution in [2.75, 3.05) is 13.7 Å². The lowest BCUT2D eigenvalue weighted by molar-refractivity contribution is -0.129. The fourth-order valence-corrected chi connectivity index (χ4v) is 5.13. The van der Waals surface area contributed by atoms with Crippen molar-refractivity contribution in [3.63, 3.8) is 0 Å². The molecule has 0 spiro atoms. The van der Waals surface area contributed by atoms with Gasteiger partial charge in [0.05, 0.1) is 13.5 Å². The van der Waals surface area contributed by atoms with Gasteiger partial charge in [-0.3, -0.25) is 9.59 Å². The first kappa shape index (κ1) is 32.8. The van der Waals surface area contributed by atoms with Crippen LogP contribution >= 0.6 is 0 Å². The van der Waals surface area contributed by atoms with E-state index < -0.39 is 35.1 Å². The Morgan fingerprint density at radius 2 is 1.20 bits per heavy atom. The molecule has 0 aliphatic rings. The van der Waals surface area contributed by atoms with Gasteiger partial charge in [-0.2, -0.15) is 0 Å². The van der Waals surface area contributed by atoms with E-state index in [1.54, 1.807) is 27.9 Å². The minimum Gasteiger partial charge on any atom is -0.497 e. The standard InChI is InChI=1S/C37H41N3O5/c1-36(2,3)45-35(43)39-32(34(42)38-25-24-27-20-22-31(44-4)23-21-27)26-33(41)40-37(28-14-8-5-9-15-28,29-16-10-6-11-17-29)30-18-12-7-13-19-30/h5-23,32H,24-26H2,1-4H3,(H,38,42)(H,39,43)(H,40,41)/t32-/m1/s1. The fourth-order valence-electron chi connectivity index (χ4n) is 5.13. The number of methoxy groups -OCH3 is 1. The summed E-state index contributed by atoms with van der Waals surface area (Å²) in [4.78, 5) is 40.3. The van der Waals surface area contributed by atoms with Crippen LogP contribution in [0.1, 0.15) is 49.4 Å². The Morgan fingerprint density at radius 1 is 0.711 bits per heavy atom. The molecule has 4 aromatic carbocycles. The lowest BCUT2D eigenvalue weighted by Gasteiger charge is -2.37. The summed E-state index contributed by atoms with van der Waals surface area (Å²) in [6, 6.07) is 35.4. The molecule has 0 unspecified atom stereocenters. The maximum Gasteiger partial charge on any atom is 0.408 e. The Hall–Kier alpha value is -5.11. The quantitative estimate of drug-likeness (QED) is 0.178. The summed E-state index contributed by atoms with van der Waals surface area (Å²) in [5, 5.41) is 8.75. The zero-order valence-electron chi connectivity index (χ0n) is 26.2. The van der Waals surface area contributed by atoms with E-state index in [-0.39, 0.29) is 6.42 Å². The van der Waals surface area contributed by atoms with Crippen molar-refractivity contribution < 1.29 is 23.9 Å². The highest BCUT2D eigenvalue weighted by Gasteiger charge is 2.39. The van der Waals surface area contributed by atoms with E-state index in [1.165, 1.54) is 0 Å². The zero-order valence-corrected chi connectivity index (χ0v) is 26.2. The number of hydrogen-bond acceptors (Lipinski definition) is 5. The normalized spacial score (nSPS) is 12.0. The molecule has 0 radical (unpaired) electrons. The highest BCUT2D eigenvalue weighted by Crippen LogP contribution is 2.37. The second kappa shape index (κ2) is 15.1. The monoisotopic (exact) mass is 607 g/mol. The molecule has 8 heteroatoms. The summed E-state index contributed by atoms with van der Waals surface area (Å²) in [6.07, 6.45) is -0.548. The van der Waals surface area contributed by atoms with Crippen LogP contribution in [0.25, 0.3) is 0 Å². The van der Waals surface area contributed by atoms with Gasteiger partial charge in [-0.25, -0.2) is 4.79 Å². The number of benzene rings is 4. The van der Waals surface area contributed by atoms with Crippen molar-refractivity contribution in [3.8, 4) is 5.75 Å². The first-order valence-electron chi connectivity index (χ1n) is 15.0. The van der Waals surface area contributed by atoms with Gasteiger partial charge in [-0.15, -0.1) is 0 Å². The number of hydrogen-bond donors (Lipinski definition) is 3. The second-order valence-electron chi connectivity index (χ2n) is 11.7. The van der Waals surface area contributed by atoms with Crippen molar-refractivity contribution in [2.45, 2.75) is 50.8 Å². The average Bonchev–Trinajstić information content (AvgIpc) is 3.04. The molecular weight excluding hydrogens is 566 g/mol. The number of ether oxygens (including phenoxy) is 2. The number of rotatable bonds is 12. The Bertz CT molecular complexity index is 1440. The Labute approximate surface area is 265 Å². The average molecular weight is 608 g/mol. The molecule has 0 bridgehead atoms. The van der Waals surface area contributed by atoms with Gasteiger partial charge in [0, 0.05) is 6.54 Å². The summed E-state index contributed by atoms with van der Waals surface area (Å²) in [6.45, 7) is 5.51. The summed E-state index contributed by atoms with van der Waals surface area (Å²) in [5.41, 5.74) is 1.68. The molecule has 0 heterocycles. The molecule has 1 atom stereocenters. The fraction of sp³-hybridized carbons (Fsp3) is 0.270. The summed E-state index contributed by atoms with van der Waals surface area (Å²) >= 11 is 0.